The van der Waals surface area contributed by atoms with Crippen molar-refractivity contribution in [3.05, 3.63) is 187 Å². The fourth-order valence-electron chi connectivity index (χ4n) is 7.71. The zero-order valence-electron chi connectivity index (χ0n) is 25.6. The third kappa shape index (κ3) is 4.30. The van der Waals surface area contributed by atoms with Gasteiger partial charge in [0.2, 0.25) is 0 Å². The fourth-order valence-corrected chi connectivity index (χ4v) is 7.71. The maximum atomic E-state index is 2.42. The van der Waals surface area contributed by atoms with E-state index < -0.39 is 0 Å². The van der Waals surface area contributed by atoms with E-state index in [-0.39, 0.29) is 0 Å². The van der Waals surface area contributed by atoms with Gasteiger partial charge in [-0.3, -0.25) is 0 Å². The van der Waals surface area contributed by atoms with E-state index in [1.807, 2.05) is 0 Å². The monoisotopic (exact) mass is 584 g/mol. The quantitative estimate of drug-likeness (QED) is 0.181. The van der Waals surface area contributed by atoms with Crippen LogP contribution in [0.15, 0.2) is 170 Å². The van der Waals surface area contributed by atoms with E-state index in [2.05, 4.69) is 170 Å². The standard InChI is InChI=1S/C46H32/c1-2-14-31(15-3-1)37-28-29-44(39-22-7-6-21-38(37)39)46-42-25-10-8-23-40(42)45(41-24-9-11-26-43(41)46)34-19-12-18-33(30-34)36-27-13-17-32-16-4-5-20-35(32)36/h1-12,14-16,18-30H,13,17H2. The summed E-state index contributed by atoms with van der Waals surface area (Å²) in [5, 5.41) is 7.67. The summed E-state index contributed by atoms with van der Waals surface area (Å²) in [6, 6.07) is 60.3. The lowest BCUT2D eigenvalue weighted by atomic mass is 9.82. The Morgan fingerprint density at radius 2 is 0.848 bits per heavy atom. The second-order valence-electron chi connectivity index (χ2n) is 12.3. The topological polar surface area (TPSA) is 0 Å². The summed E-state index contributed by atoms with van der Waals surface area (Å²) in [6.07, 6.45) is 4.61. The number of fused-ring (bicyclic) bond motifs is 4. The molecular weight excluding hydrogens is 553 g/mol. The summed E-state index contributed by atoms with van der Waals surface area (Å²) >= 11 is 0. The Kier molecular flexibility index (Phi) is 6.39. The van der Waals surface area contributed by atoms with Crippen molar-refractivity contribution in [1.82, 2.24) is 0 Å². The van der Waals surface area contributed by atoms with Gasteiger partial charge in [-0.2, -0.15) is 0 Å². The Bertz CT molecular complexity index is 2400. The summed E-state index contributed by atoms with van der Waals surface area (Å²) in [5.74, 6) is 0. The van der Waals surface area contributed by atoms with Gasteiger partial charge in [-0.1, -0.05) is 164 Å². The molecule has 0 fully saturated rings. The zero-order chi connectivity index (χ0) is 30.5. The number of rotatable bonds is 4. The lowest BCUT2D eigenvalue weighted by molar-refractivity contribution is 0.978. The average Bonchev–Trinajstić information content (AvgIpc) is 3.13. The molecule has 0 aromatic heterocycles. The minimum atomic E-state index is 1.08. The molecule has 0 aliphatic heterocycles. The van der Waals surface area contributed by atoms with E-state index in [0.29, 0.717) is 0 Å². The van der Waals surface area contributed by atoms with Gasteiger partial charge in [0, 0.05) is 0 Å². The summed E-state index contributed by atoms with van der Waals surface area (Å²) in [4.78, 5) is 0. The molecule has 0 unspecified atom stereocenters. The molecule has 0 atom stereocenters. The molecule has 0 nitrogen and oxygen atoms in total. The molecular formula is C46H32. The minimum Gasteiger partial charge on any atom is -0.0757 e. The van der Waals surface area contributed by atoms with Crippen LogP contribution in [-0.2, 0) is 6.42 Å². The van der Waals surface area contributed by atoms with Crippen molar-refractivity contribution in [2.24, 2.45) is 0 Å². The van der Waals surface area contributed by atoms with Crippen LogP contribution < -0.4 is 0 Å². The first kappa shape index (κ1) is 26.7. The highest BCUT2D eigenvalue weighted by Gasteiger charge is 2.20. The van der Waals surface area contributed by atoms with Gasteiger partial charge < -0.3 is 0 Å². The zero-order valence-corrected chi connectivity index (χ0v) is 25.6. The number of allylic oxidation sites excluding steroid dienone is 1. The number of benzene rings is 8. The van der Waals surface area contributed by atoms with E-state index in [1.54, 1.807) is 0 Å². The smallest absolute Gasteiger partial charge is 0.00201 e. The van der Waals surface area contributed by atoms with Crippen molar-refractivity contribution in [3.63, 3.8) is 0 Å². The van der Waals surface area contributed by atoms with Crippen LogP contribution in [-0.4, -0.2) is 0 Å². The maximum Gasteiger partial charge on any atom is -0.00201 e. The first-order chi connectivity index (χ1) is 22.8. The van der Waals surface area contributed by atoms with E-state index >= 15 is 0 Å². The number of aryl methyl sites for hydroxylation is 1. The van der Waals surface area contributed by atoms with Gasteiger partial charge in [-0.05, 0) is 107 Å². The number of hydrogen-bond acceptors (Lipinski definition) is 0. The van der Waals surface area contributed by atoms with Gasteiger partial charge in [-0.15, -0.1) is 0 Å². The van der Waals surface area contributed by atoms with Gasteiger partial charge in [-0.25, -0.2) is 0 Å². The number of hydrogen-bond donors (Lipinski definition) is 0. The molecule has 0 heteroatoms. The molecule has 0 bridgehead atoms. The van der Waals surface area contributed by atoms with Gasteiger partial charge in [0.1, 0.15) is 0 Å². The predicted molar refractivity (Wildman–Crippen MR) is 197 cm³/mol. The average molecular weight is 585 g/mol. The Morgan fingerprint density at radius 3 is 1.57 bits per heavy atom. The molecule has 0 saturated carbocycles. The first-order valence-corrected chi connectivity index (χ1v) is 16.3. The second-order valence-corrected chi connectivity index (χ2v) is 12.3. The summed E-state index contributed by atoms with van der Waals surface area (Å²) in [7, 11) is 0. The minimum absolute atomic E-state index is 1.08. The van der Waals surface area contributed by atoms with Crippen LogP contribution >= 0.6 is 0 Å². The fraction of sp³-hybridized carbons (Fsp3) is 0.0435. The van der Waals surface area contributed by atoms with Crippen LogP contribution in [0.2, 0.25) is 0 Å². The van der Waals surface area contributed by atoms with E-state index in [1.165, 1.54) is 88.0 Å². The summed E-state index contributed by atoms with van der Waals surface area (Å²) in [6.45, 7) is 0. The van der Waals surface area contributed by atoms with Crippen LogP contribution in [0.3, 0.4) is 0 Å². The Morgan fingerprint density at radius 1 is 0.326 bits per heavy atom. The van der Waals surface area contributed by atoms with Crippen molar-refractivity contribution < 1.29 is 0 Å². The van der Waals surface area contributed by atoms with Crippen molar-refractivity contribution in [1.29, 1.82) is 0 Å². The van der Waals surface area contributed by atoms with Gasteiger partial charge >= 0.3 is 0 Å². The molecule has 8 aromatic carbocycles. The van der Waals surface area contributed by atoms with Crippen molar-refractivity contribution in [2.45, 2.75) is 12.8 Å². The summed E-state index contributed by atoms with van der Waals surface area (Å²) < 4.78 is 0. The SMILES string of the molecule is C1=C(c2cccc(-c3c4ccccc4c(-c4ccc(-c5ccccc5)c5ccccc45)c4ccccc34)c2)c2ccccc2CC1. The van der Waals surface area contributed by atoms with Crippen molar-refractivity contribution >= 4 is 37.9 Å². The molecule has 0 N–H and O–H groups in total. The van der Waals surface area contributed by atoms with Crippen molar-refractivity contribution in [2.75, 3.05) is 0 Å². The van der Waals surface area contributed by atoms with E-state index in [0.717, 1.165) is 12.8 Å². The molecule has 1 aliphatic carbocycles. The lowest BCUT2D eigenvalue weighted by Crippen LogP contribution is -2.00. The normalized spacial score (nSPS) is 12.7. The van der Waals surface area contributed by atoms with Crippen LogP contribution in [0.4, 0.5) is 0 Å². The molecule has 0 saturated heterocycles. The summed E-state index contributed by atoms with van der Waals surface area (Å²) in [5.41, 5.74) is 13.1. The largest absolute Gasteiger partial charge is 0.0757 e. The molecule has 216 valence electrons. The molecule has 9 rings (SSSR count). The highest BCUT2D eigenvalue weighted by Crippen LogP contribution is 2.47. The third-order valence-electron chi connectivity index (χ3n) is 9.74. The first-order valence-electron chi connectivity index (χ1n) is 16.3. The molecule has 1 aliphatic rings. The van der Waals surface area contributed by atoms with Crippen molar-refractivity contribution in [3.8, 4) is 33.4 Å². The molecule has 0 spiro atoms. The lowest BCUT2D eigenvalue weighted by Gasteiger charge is -2.21. The molecule has 8 aromatic rings. The van der Waals surface area contributed by atoms with E-state index in [4.69, 9.17) is 0 Å². The van der Waals surface area contributed by atoms with Crippen LogP contribution in [0, 0.1) is 0 Å². The maximum absolute atomic E-state index is 2.42. The van der Waals surface area contributed by atoms with E-state index in [9.17, 15) is 0 Å². The molecule has 0 radical (unpaired) electrons. The highest BCUT2D eigenvalue weighted by molar-refractivity contribution is 6.24. The highest BCUT2D eigenvalue weighted by atomic mass is 14.2. The Labute approximate surface area is 269 Å². The van der Waals surface area contributed by atoms with Crippen LogP contribution in [0.5, 0.6) is 0 Å². The van der Waals surface area contributed by atoms with Gasteiger partial charge in [0.05, 0.1) is 0 Å². The Balaban J connectivity index is 1.30. The molecule has 46 heavy (non-hydrogen) atoms. The van der Waals surface area contributed by atoms with Crippen LogP contribution in [0.1, 0.15) is 23.1 Å². The predicted octanol–water partition coefficient (Wildman–Crippen LogP) is 12.5. The molecule has 0 amide bonds. The Hall–Kier alpha value is -5.72. The molecule has 0 heterocycles. The van der Waals surface area contributed by atoms with Gasteiger partial charge in [0.15, 0.2) is 0 Å². The van der Waals surface area contributed by atoms with Gasteiger partial charge in [0.25, 0.3) is 0 Å². The second kappa shape index (κ2) is 11.0. The van der Waals surface area contributed by atoms with Crippen LogP contribution in [0.25, 0.3) is 71.3 Å². The third-order valence-corrected chi connectivity index (χ3v) is 9.74.